The summed E-state index contributed by atoms with van der Waals surface area (Å²) < 4.78 is 0. The summed E-state index contributed by atoms with van der Waals surface area (Å²) in [6, 6.07) is 11.4. The van der Waals surface area contributed by atoms with E-state index in [-0.39, 0.29) is 10.9 Å². The molecule has 0 spiro atoms. The van der Waals surface area contributed by atoms with Crippen LogP contribution in [0.2, 0.25) is 0 Å². The Morgan fingerprint density at radius 1 is 1.11 bits per heavy atom. The standard InChI is InChI=1S/C16H16O2S/c1-10-4-6-13(11(2)8-10)12-5-7-15(17)14(9-12)16(18)19-3/h4-9,17H,1-3H3. The minimum absolute atomic E-state index is 0.0351. The number of carbonyl (C=O) groups excluding carboxylic acids is 1. The van der Waals surface area contributed by atoms with E-state index in [0.29, 0.717) is 5.56 Å². The molecule has 0 saturated heterocycles. The van der Waals surface area contributed by atoms with E-state index in [1.165, 1.54) is 5.56 Å². The predicted octanol–water partition coefficient (Wildman–Crippen LogP) is 4.18. The van der Waals surface area contributed by atoms with Crippen LogP contribution in [-0.2, 0) is 0 Å². The molecule has 0 bridgehead atoms. The fourth-order valence-electron chi connectivity index (χ4n) is 2.11. The summed E-state index contributed by atoms with van der Waals surface area (Å²) >= 11 is 1.10. The summed E-state index contributed by atoms with van der Waals surface area (Å²) in [5.41, 5.74) is 4.77. The Kier molecular flexibility index (Phi) is 3.96. The van der Waals surface area contributed by atoms with Crippen LogP contribution >= 0.6 is 11.8 Å². The number of phenolic OH excluding ortho intramolecular Hbond substituents is 1. The zero-order valence-electron chi connectivity index (χ0n) is 11.2. The van der Waals surface area contributed by atoms with Gasteiger partial charge in [-0.25, -0.2) is 0 Å². The molecule has 2 aromatic rings. The highest BCUT2D eigenvalue weighted by Crippen LogP contribution is 2.30. The average molecular weight is 272 g/mol. The maximum absolute atomic E-state index is 11.8. The molecule has 0 amide bonds. The van der Waals surface area contributed by atoms with Crippen LogP contribution in [0.5, 0.6) is 5.75 Å². The van der Waals surface area contributed by atoms with Gasteiger partial charge in [-0.3, -0.25) is 4.79 Å². The van der Waals surface area contributed by atoms with Crippen molar-refractivity contribution in [2.24, 2.45) is 0 Å². The number of thioether (sulfide) groups is 1. The number of rotatable bonds is 2. The van der Waals surface area contributed by atoms with E-state index < -0.39 is 0 Å². The fourth-order valence-corrected chi connectivity index (χ4v) is 2.50. The lowest BCUT2D eigenvalue weighted by Crippen LogP contribution is -1.94. The van der Waals surface area contributed by atoms with Crippen LogP contribution in [-0.4, -0.2) is 16.5 Å². The third-order valence-electron chi connectivity index (χ3n) is 3.09. The quantitative estimate of drug-likeness (QED) is 0.891. The largest absolute Gasteiger partial charge is 0.507 e. The molecular formula is C16H16O2S. The lowest BCUT2D eigenvalue weighted by molar-refractivity contribution is 0.108. The predicted molar refractivity (Wildman–Crippen MR) is 80.9 cm³/mol. The smallest absolute Gasteiger partial charge is 0.222 e. The van der Waals surface area contributed by atoms with Gasteiger partial charge in [0.25, 0.3) is 0 Å². The normalized spacial score (nSPS) is 10.5. The molecule has 2 nitrogen and oxygen atoms in total. The second-order valence-corrected chi connectivity index (χ2v) is 5.32. The number of benzene rings is 2. The zero-order chi connectivity index (χ0) is 14.0. The minimum Gasteiger partial charge on any atom is -0.507 e. The molecule has 98 valence electrons. The lowest BCUT2D eigenvalue weighted by Gasteiger charge is -2.09. The lowest BCUT2D eigenvalue weighted by atomic mass is 9.97. The number of carbonyl (C=O) groups is 1. The van der Waals surface area contributed by atoms with Gasteiger partial charge in [0.1, 0.15) is 5.75 Å². The van der Waals surface area contributed by atoms with Gasteiger partial charge in [-0.05, 0) is 48.9 Å². The van der Waals surface area contributed by atoms with E-state index >= 15 is 0 Å². The van der Waals surface area contributed by atoms with E-state index in [1.54, 1.807) is 18.4 Å². The molecule has 0 aromatic heterocycles. The van der Waals surface area contributed by atoms with Gasteiger partial charge < -0.3 is 5.11 Å². The van der Waals surface area contributed by atoms with Crippen molar-refractivity contribution in [3.05, 3.63) is 53.1 Å². The molecule has 0 aliphatic rings. The van der Waals surface area contributed by atoms with Gasteiger partial charge in [0.2, 0.25) is 5.12 Å². The van der Waals surface area contributed by atoms with Crippen LogP contribution in [0.25, 0.3) is 11.1 Å². The second-order valence-electron chi connectivity index (χ2n) is 4.54. The molecule has 0 atom stereocenters. The van der Waals surface area contributed by atoms with Crippen molar-refractivity contribution >= 4 is 16.9 Å². The van der Waals surface area contributed by atoms with Crippen molar-refractivity contribution in [1.29, 1.82) is 0 Å². The van der Waals surface area contributed by atoms with Crippen molar-refractivity contribution < 1.29 is 9.90 Å². The first-order valence-electron chi connectivity index (χ1n) is 6.02. The van der Waals surface area contributed by atoms with Gasteiger partial charge in [0.15, 0.2) is 0 Å². The molecule has 1 N–H and O–H groups in total. The molecule has 0 heterocycles. The number of hydrogen-bond acceptors (Lipinski definition) is 3. The Labute approximate surface area is 117 Å². The molecule has 0 saturated carbocycles. The zero-order valence-corrected chi connectivity index (χ0v) is 12.0. The van der Waals surface area contributed by atoms with Crippen LogP contribution in [0, 0.1) is 13.8 Å². The minimum atomic E-state index is -0.121. The highest BCUT2D eigenvalue weighted by atomic mass is 32.2. The first-order valence-corrected chi connectivity index (χ1v) is 7.24. The summed E-state index contributed by atoms with van der Waals surface area (Å²) in [5.74, 6) is 0.0351. The van der Waals surface area contributed by atoms with Crippen LogP contribution in [0.15, 0.2) is 36.4 Å². The molecular weight excluding hydrogens is 256 g/mol. The topological polar surface area (TPSA) is 37.3 Å². The molecule has 0 aliphatic heterocycles. The van der Waals surface area contributed by atoms with Gasteiger partial charge >= 0.3 is 0 Å². The van der Waals surface area contributed by atoms with Crippen molar-refractivity contribution in [1.82, 2.24) is 0 Å². The van der Waals surface area contributed by atoms with Crippen molar-refractivity contribution in [2.45, 2.75) is 13.8 Å². The van der Waals surface area contributed by atoms with Crippen molar-refractivity contribution in [3.63, 3.8) is 0 Å². The average Bonchev–Trinajstić information content (AvgIpc) is 2.39. The van der Waals surface area contributed by atoms with Crippen molar-refractivity contribution in [3.8, 4) is 16.9 Å². The van der Waals surface area contributed by atoms with Crippen LogP contribution in [0.1, 0.15) is 21.5 Å². The summed E-state index contributed by atoms with van der Waals surface area (Å²) in [7, 11) is 0. The number of hydrogen-bond donors (Lipinski definition) is 1. The second kappa shape index (κ2) is 5.49. The Morgan fingerprint density at radius 2 is 1.84 bits per heavy atom. The number of aryl methyl sites for hydroxylation is 2. The highest BCUT2D eigenvalue weighted by Gasteiger charge is 2.12. The van der Waals surface area contributed by atoms with E-state index in [4.69, 9.17) is 0 Å². The van der Waals surface area contributed by atoms with Gasteiger partial charge in [-0.1, -0.05) is 41.6 Å². The molecule has 2 aromatic carbocycles. The van der Waals surface area contributed by atoms with Crippen LogP contribution in [0.3, 0.4) is 0 Å². The Morgan fingerprint density at radius 3 is 2.47 bits per heavy atom. The fraction of sp³-hybridized carbons (Fsp3) is 0.188. The molecule has 2 rings (SSSR count). The molecule has 0 aliphatic carbocycles. The first-order chi connectivity index (χ1) is 9.02. The third-order valence-corrected chi connectivity index (χ3v) is 3.69. The van der Waals surface area contributed by atoms with Gasteiger partial charge in [-0.15, -0.1) is 0 Å². The summed E-state index contributed by atoms with van der Waals surface area (Å²) in [5, 5.41) is 9.64. The molecule has 19 heavy (non-hydrogen) atoms. The molecule has 0 radical (unpaired) electrons. The van der Waals surface area contributed by atoms with Crippen LogP contribution in [0.4, 0.5) is 0 Å². The Balaban J connectivity index is 2.54. The maximum atomic E-state index is 11.8. The van der Waals surface area contributed by atoms with E-state index in [0.717, 1.165) is 28.5 Å². The van der Waals surface area contributed by atoms with E-state index in [2.05, 4.69) is 13.0 Å². The van der Waals surface area contributed by atoms with Gasteiger partial charge in [-0.2, -0.15) is 0 Å². The third kappa shape index (κ3) is 2.82. The Hall–Kier alpha value is -1.74. The molecule has 0 unspecified atom stereocenters. The van der Waals surface area contributed by atoms with E-state index in [9.17, 15) is 9.90 Å². The molecule has 3 heteroatoms. The maximum Gasteiger partial charge on any atom is 0.222 e. The SMILES string of the molecule is CSC(=O)c1cc(-c2ccc(C)cc2C)ccc1O. The summed E-state index contributed by atoms with van der Waals surface area (Å²) in [4.78, 5) is 11.8. The summed E-state index contributed by atoms with van der Waals surface area (Å²) in [6.45, 7) is 4.10. The van der Waals surface area contributed by atoms with Gasteiger partial charge in [0, 0.05) is 0 Å². The first kappa shape index (κ1) is 13.7. The highest BCUT2D eigenvalue weighted by molar-refractivity contribution is 8.13. The number of aromatic hydroxyl groups is 1. The number of phenols is 1. The van der Waals surface area contributed by atoms with E-state index in [1.807, 2.05) is 25.1 Å². The van der Waals surface area contributed by atoms with Crippen molar-refractivity contribution in [2.75, 3.05) is 6.26 Å². The van der Waals surface area contributed by atoms with Gasteiger partial charge in [0.05, 0.1) is 5.56 Å². The molecule has 0 fully saturated rings. The van der Waals surface area contributed by atoms with Crippen LogP contribution < -0.4 is 0 Å². The Bertz CT molecular complexity index is 633. The monoisotopic (exact) mass is 272 g/mol. The summed E-state index contributed by atoms with van der Waals surface area (Å²) in [6.07, 6.45) is 1.71.